The number of amides is 4. The number of nitrogens with zero attached hydrogens (tertiary/aromatic N) is 1. The average molecular weight is 496 g/mol. The van der Waals surface area contributed by atoms with Gasteiger partial charge in [0.2, 0.25) is 15.9 Å². The number of nitrogens with two attached hydrogens (primary N) is 1. The highest BCUT2D eigenvalue weighted by molar-refractivity contribution is 7.89. The van der Waals surface area contributed by atoms with Crippen LogP contribution in [0.4, 0.5) is 4.79 Å². The summed E-state index contributed by atoms with van der Waals surface area (Å²) in [6, 6.07) is 10.4. The van der Waals surface area contributed by atoms with E-state index in [0.29, 0.717) is 23.7 Å². The van der Waals surface area contributed by atoms with Crippen LogP contribution in [0.5, 0.6) is 0 Å². The van der Waals surface area contributed by atoms with Crippen LogP contribution >= 0.6 is 11.6 Å². The molecular weight excluding hydrogens is 470 g/mol. The minimum absolute atomic E-state index is 0.0290. The molecule has 0 spiro atoms. The molecule has 178 valence electrons. The normalized spacial score (nSPS) is 12.1. The zero-order valence-corrected chi connectivity index (χ0v) is 19.7. The summed E-state index contributed by atoms with van der Waals surface area (Å²) in [6.45, 7) is 4.02. The van der Waals surface area contributed by atoms with Gasteiger partial charge in [0.05, 0.1) is 17.4 Å². The van der Waals surface area contributed by atoms with E-state index in [4.69, 9.17) is 17.3 Å². The van der Waals surface area contributed by atoms with Crippen LogP contribution in [-0.2, 0) is 14.8 Å². The van der Waals surface area contributed by atoms with Gasteiger partial charge in [0.1, 0.15) is 0 Å². The van der Waals surface area contributed by atoms with Gasteiger partial charge in [-0.25, -0.2) is 13.2 Å². The fourth-order valence-electron chi connectivity index (χ4n) is 3.06. The lowest BCUT2D eigenvalue weighted by Crippen LogP contribution is -2.44. The number of sulfonamides is 1. The van der Waals surface area contributed by atoms with Crippen LogP contribution in [0.2, 0.25) is 5.02 Å². The number of hydrogen-bond donors (Lipinski definition) is 4. The van der Waals surface area contributed by atoms with Gasteiger partial charge >= 0.3 is 6.03 Å². The standard InChI is InChI=1S/C21H26ClN5O5S/c1-3-27(4-2)33(31,32)17-7-5-6-15(12-17)20(29)26-25-19(28)13-18(24-21(23)30)14-8-10-16(22)11-9-14/h5-12,18H,3-4,13H2,1-2H3,(H,25,28)(H,26,29)(H3,23,24,30)/t18-/m1/s1. The van der Waals surface area contributed by atoms with E-state index in [-0.39, 0.29) is 16.9 Å². The van der Waals surface area contributed by atoms with Crippen molar-refractivity contribution in [3.63, 3.8) is 0 Å². The van der Waals surface area contributed by atoms with E-state index in [1.165, 1.54) is 28.6 Å². The SMILES string of the molecule is CCN(CC)S(=O)(=O)c1cccc(C(=O)NNC(=O)C[C@@H](NC(N)=O)c2ccc(Cl)cc2)c1. The Hall–Kier alpha value is -3.15. The first kappa shape index (κ1) is 26.1. The van der Waals surface area contributed by atoms with Gasteiger partial charge in [0, 0.05) is 23.7 Å². The van der Waals surface area contributed by atoms with E-state index in [2.05, 4.69) is 16.2 Å². The summed E-state index contributed by atoms with van der Waals surface area (Å²) in [5.41, 5.74) is 10.3. The Kier molecular flexibility index (Phi) is 9.21. The van der Waals surface area contributed by atoms with Crippen LogP contribution in [0.3, 0.4) is 0 Å². The van der Waals surface area contributed by atoms with E-state index < -0.39 is 33.9 Å². The first-order chi connectivity index (χ1) is 15.6. The number of rotatable bonds is 9. The van der Waals surface area contributed by atoms with Crippen molar-refractivity contribution in [1.82, 2.24) is 20.5 Å². The minimum Gasteiger partial charge on any atom is -0.352 e. The molecular formula is C21H26ClN5O5S. The third kappa shape index (κ3) is 7.17. The minimum atomic E-state index is -3.75. The van der Waals surface area contributed by atoms with Crippen molar-refractivity contribution in [3.8, 4) is 0 Å². The van der Waals surface area contributed by atoms with Gasteiger partial charge in [0.15, 0.2) is 0 Å². The van der Waals surface area contributed by atoms with E-state index >= 15 is 0 Å². The average Bonchev–Trinajstić information content (AvgIpc) is 2.78. The number of carbonyl (C=O) groups is 3. The zero-order chi connectivity index (χ0) is 24.6. The molecule has 0 bridgehead atoms. The maximum Gasteiger partial charge on any atom is 0.312 e. The molecule has 0 aliphatic carbocycles. The molecule has 0 saturated carbocycles. The molecule has 0 radical (unpaired) electrons. The fraction of sp³-hybridized carbons (Fsp3) is 0.286. The molecule has 2 aromatic rings. The highest BCUT2D eigenvalue weighted by Crippen LogP contribution is 2.20. The van der Waals surface area contributed by atoms with Crippen LogP contribution in [0.15, 0.2) is 53.4 Å². The van der Waals surface area contributed by atoms with Gasteiger partial charge < -0.3 is 11.1 Å². The van der Waals surface area contributed by atoms with Crippen molar-refractivity contribution < 1.29 is 22.8 Å². The third-order valence-corrected chi connectivity index (χ3v) is 7.03. The van der Waals surface area contributed by atoms with Crippen molar-refractivity contribution >= 4 is 39.5 Å². The highest BCUT2D eigenvalue weighted by Gasteiger charge is 2.23. The number of hydrogen-bond acceptors (Lipinski definition) is 5. The van der Waals surface area contributed by atoms with Gasteiger partial charge in [0.25, 0.3) is 5.91 Å². The predicted molar refractivity (Wildman–Crippen MR) is 124 cm³/mol. The largest absolute Gasteiger partial charge is 0.352 e. The molecule has 2 aromatic carbocycles. The summed E-state index contributed by atoms with van der Waals surface area (Å²) in [4.78, 5) is 36.1. The summed E-state index contributed by atoms with van der Waals surface area (Å²) in [5.74, 6) is -1.31. The Morgan fingerprint density at radius 1 is 1.03 bits per heavy atom. The van der Waals surface area contributed by atoms with Crippen LogP contribution in [0.1, 0.15) is 42.2 Å². The van der Waals surface area contributed by atoms with Crippen molar-refractivity contribution in [2.45, 2.75) is 31.2 Å². The number of urea groups is 1. The second kappa shape index (κ2) is 11.6. The maximum atomic E-state index is 12.7. The van der Waals surface area contributed by atoms with Crippen LogP contribution in [0, 0.1) is 0 Å². The van der Waals surface area contributed by atoms with Gasteiger partial charge in [-0.2, -0.15) is 4.31 Å². The molecule has 0 saturated heterocycles. The summed E-state index contributed by atoms with van der Waals surface area (Å²) in [6.07, 6.45) is -0.221. The summed E-state index contributed by atoms with van der Waals surface area (Å²) in [7, 11) is -3.75. The Labute approximate surface area is 197 Å². The summed E-state index contributed by atoms with van der Waals surface area (Å²) in [5, 5.41) is 2.95. The van der Waals surface area contributed by atoms with Gasteiger partial charge in [-0.3, -0.25) is 20.4 Å². The molecule has 10 nitrogen and oxygen atoms in total. The quantitative estimate of drug-likeness (QED) is 0.392. The van der Waals surface area contributed by atoms with E-state index in [9.17, 15) is 22.8 Å². The van der Waals surface area contributed by atoms with E-state index in [1.807, 2.05) is 0 Å². The summed E-state index contributed by atoms with van der Waals surface area (Å²) >= 11 is 5.86. The lowest BCUT2D eigenvalue weighted by Gasteiger charge is -2.19. The molecule has 0 aliphatic heterocycles. The van der Waals surface area contributed by atoms with Crippen LogP contribution in [0.25, 0.3) is 0 Å². The molecule has 0 aliphatic rings. The van der Waals surface area contributed by atoms with E-state index in [0.717, 1.165) is 0 Å². The number of nitrogens with one attached hydrogen (secondary N) is 3. The number of hydrazine groups is 1. The molecule has 1 atom stereocenters. The lowest BCUT2D eigenvalue weighted by molar-refractivity contribution is -0.122. The number of benzene rings is 2. The molecule has 0 aromatic heterocycles. The molecule has 12 heteroatoms. The molecule has 5 N–H and O–H groups in total. The smallest absolute Gasteiger partial charge is 0.312 e. The van der Waals surface area contributed by atoms with Crippen LogP contribution in [-0.4, -0.2) is 43.7 Å². The molecule has 2 rings (SSSR count). The zero-order valence-electron chi connectivity index (χ0n) is 18.2. The topological polar surface area (TPSA) is 151 Å². The second-order valence-corrected chi connectivity index (χ2v) is 9.31. The second-order valence-electron chi connectivity index (χ2n) is 6.94. The fourth-order valence-corrected chi connectivity index (χ4v) is 4.69. The maximum absolute atomic E-state index is 12.7. The van der Waals surface area contributed by atoms with E-state index in [1.54, 1.807) is 38.1 Å². The Morgan fingerprint density at radius 3 is 2.24 bits per heavy atom. The Bertz CT molecular complexity index is 1100. The van der Waals surface area contributed by atoms with Gasteiger partial charge in [-0.1, -0.05) is 43.6 Å². The first-order valence-corrected chi connectivity index (χ1v) is 11.9. The summed E-state index contributed by atoms with van der Waals surface area (Å²) < 4.78 is 26.6. The number of primary amides is 1. The number of halogens is 1. The van der Waals surface area contributed by atoms with Crippen molar-refractivity contribution in [1.29, 1.82) is 0 Å². The Balaban J connectivity index is 2.06. The molecule has 0 unspecified atom stereocenters. The third-order valence-electron chi connectivity index (χ3n) is 4.73. The Morgan fingerprint density at radius 2 is 1.67 bits per heavy atom. The van der Waals surface area contributed by atoms with Gasteiger partial charge in [-0.15, -0.1) is 0 Å². The monoisotopic (exact) mass is 495 g/mol. The molecule has 33 heavy (non-hydrogen) atoms. The predicted octanol–water partition coefficient (Wildman–Crippen LogP) is 1.93. The van der Waals surface area contributed by atoms with Gasteiger partial charge in [-0.05, 0) is 35.9 Å². The van der Waals surface area contributed by atoms with Crippen LogP contribution < -0.4 is 21.9 Å². The number of carbonyl (C=O) groups excluding carboxylic acids is 3. The highest BCUT2D eigenvalue weighted by atomic mass is 35.5. The molecule has 0 fully saturated rings. The van der Waals surface area contributed by atoms with Crippen molar-refractivity contribution in [2.75, 3.05) is 13.1 Å². The molecule has 0 heterocycles. The first-order valence-electron chi connectivity index (χ1n) is 10.1. The van der Waals surface area contributed by atoms with Crippen molar-refractivity contribution in [3.05, 3.63) is 64.7 Å². The lowest BCUT2D eigenvalue weighted by atomic mass is 10.0. The molecule has 4 amide bonds. The van der Waals surface area contributed by atoms with Crippen molar-refractivity contribution in [2.24, 2.45) is 5.73 Å².